The Morgan fingerprint density at radius 1 is 1.16 bits per heavy atom. The van der Waals surface area contributed by atoms with Crippen LogP contribution in [0.2, 0.25) is 5.28 Å². The fraction of sp³-hybridized carbons (Fsp3) is 0.222. The molecule has 13 heteroatoms. The fourth-order valence-corrected chi connectivity index (χ4v) is 3.94. The topological polar surface area (TPSA) is 117 Å². The fourth-order valence-electron chi connectivity index (χ4n) is 2.97. The van der Waals surface area contributed by atoms with Gasteiger partial charge < -0.3 is 9.88 Å². The van der Waals surface area contributed by atoms with Gasteiger partial charge in [0.2, 0.25) is 10.3 Å². The molecule has 4 aromatic rings. The SMILES string of the molecule is Cn1c(=O)c2c(nc(Cl)n2Cc2nnc(C(=O)NCc3ccc(F)cc3)s2)n(C)c1=O. The number of imidazole rings is 1. The van der Waals surface area contributed by atoms with Gasteiger partial charge in [-0.25, -0.2) is 9.18 Å². The summed E-state index contributed by atoms with van der Waals surface area (Å²) in [5, 5.41) is 11.1. The Labute approximate surface area is 182 Å². The van der Waals surface area contributed by atoms with E-state index in [1.165, 1.54) is 35.4 Å². The summed E-state index contributed by atoms with van der Waals surface area (Å²) in [7, 11) is 2.86. The van der Waals surface area contributed by atoms with E-state index in [4.69, 9.17) is 11.6 Å². The van der Waals surface area contributed by atoms with Crippen LogP contribution in [0.1, 0.15) is 20.4 Å². The average molecular weight is 464 g/mol. The highest BCUT2D eigenvalue weighted by Gasteiger charge is 2.20. The van der Waals surface area contributed by atoms with Crippen LogP contribution in [0, 0.1) is 5.82 Å². The minimum Gasteiger partial charge on any atom is -0.346 e. The van der Waals surface area contributed by atoms with Crippen LogP contribution >= 0.6 is 22.9 Å². The van der Waals surface area contributed by atoms with Crippen molar-refractivity contribution in [2.75, 3.05) is 0 Å². The quantitative estimate of drug-likeness (QED) is 0.442. The van der Waals surface area contributed by atoms with Crippen molar-refractivity contribution in [3.8, 4) is 0 Å². The smallest absolute Gasteiger partial charge is 0.332 e. The van der Waals surface area contributed by atoms with Crippen molar-refractivity contribution in [1.82, 2.24) is 34.2 Å². The number of benzene rings is 1. The Hall–Kier alpha value is -3.38. The highest BCUT2D eigenvalue weighted by atomic mass is 35.5. The second kappa shape index (κ2) is 8.04. The molecular weight excluding hydrogens is 449 g/mol. The summed E-state index contributed by atoms with van der Waals surface area (Å²) < 4.78 is 16.6. The third kappa shape index (κ3) is 3.86. The standard InChI is InChI=1S/C18H15ClFN7O3S/c1-25-13-12(16(29)26(2)18(25)30)27(17(19)22-13)8-11-23-24-15(31-11)14(28)21-7-9-3-5-10(20)6-4-9/h3-6H,7-8H2,1-2H3,(H,21,28). The van der Waals surface area contributed by atoms with Crippen LogP contribution in [-0.4, -0.2) is 34.8 Å². The van der Waals surface area contributed by atoms with Crippen LogP contribution < -0.4 is 16.6 Å². The maximum atomic E-state index is 13.0. The molecule has 1 amide bonds. The number of rotatable bonds is 5. The lowest BCUT2D eigenvalue weighted by atomic mass is 10.2. The lowest BCUT2D eigenvalue weighted by Crippen LogP contribution is -2.37. The highest BCUT2D eigenvalue weighted by molar-refractivity contribution is 7.13. The summed E-state index contributed by atoms with van der Waals surface area (Å²) in [6, 6.07) is 5.76. The summed E-state index contributed by atoms with van der Waals surface area (Å²) in [5.41, 5.74) is -0.0290. The average Bonchev–Trinajstić information content (AvgIpc) is 3.35. The van der Waals surface area contributed by atoms with Crippen molar-refractivity contribution in [3.05, 3.63) is 71.8 Å². The molecule has 0 fully saturated rings. The predicted molar refractivity (Wildman–Crippen MR) is 112 cm³/mol. The van der Waals surface area contributed by atoms with E-state index in [0.717, 1.165) is 21.5 Å². The molecule has 0 bridgehead atoms. The van der Waals surface area contributed by atoms with Crippen LogP contribution in [0.25, 0.3) is 11.2 Å². The molecule has 31 heavy (non-hydrogen) atoms. The number of fused-ring (bicyclic) bond motifs is 1. The van der Waals surface area contributed by atoms with Crippen LogP contribution in [0.4, 0.5) is 4.39 Å². The van der Waals surface area contributed by atoms with E-state index in [9.17, 15) is 18.8 Å². The maximum Gasteiger partial charge on any atom is 0.332 e. The van der Waals surface area contributed by atoms with Gasteiger partial charge in [0.15, 0.2) is 11.2 Å². The van der Waals surface area contributed by atoms with Crippen LogP contribution in [0.5, 0.6) is 0 Å². The van der Waals surface area contributed by atoms with Crippen molar-refractivity contribution >= 4 is 40.0 Å². The van der Waals surface area contributed by atoms with Gasteiger partial charge in [-0.05, 0) is 29.3 Å². The zero-order valence-corrected chi connectivity index (χ0v) is 17.9. The summed E-state index contributed by atoms with van der Waals surface area (Å²) in [4.78, 5) is 41.1. The lowest BCUT2D eigenvalue weighted by molar-refractivity contribution is 0.0950. The van der Waals surface area contributed by atoms with Gasteiger partial charge in [0.1, 0.15) is 10.8 Å². The van der Waals surface area contributed by atoms with E-state index in [-0.39, 0.29) is 40.4 Å². The molecule has 0 radical (unpaired) electrons. The molecule has 10 nitrogen and oxygen atoms in total. The Morgan fingerprint density at radius 3 is 2.58 bits per heavy atom. The number of aromatic nitrogens is 6. The number of carbonyl (C=O) groups is 1. The first-order valence-corrected chi connectivity index (χ1v) is 10.1. The Morgan fingerprint density at radius 2 is 1.87 bits per heavy atom. The van der Waals surface area contributed by atoms with E-state index in [2.05, 4.69) is 20.5 Å². The first-order chi connectivity index (χ1) is 14.8. The molecule has 3 heterocycles. The normalized spacial score (nSPS) is 11.2. The Balaban J connectivity index is 1.56. The second-order valence-electron chi connectivity index (χ2n) is 6.66. The van der Waals surface area contributed by atoms with Crippen LogP contribution in [0.3, 0.4) is 0 Å². The second-order valence-corrected chi connectivity index (χ2v) is 8.06. The molecule has 0 spiro atoms. The summed E-state index contributed by atoms with van der Waals surface area (Å²) in [6.45, 7) is 0.252. The molecule has 0 unspecified atom stereocenters. The monoisotopic (exact) mass is 463 g/mol. The molecule has 0 aliphatic heterocycles. The van der Waals surface area contributed by atoms with E-state index in [1.807, 2.05) is 0 Å². The molecule has 0 aliphatic carbocycles. The van der Waals surface area contributed by atoms with Gasteiger partial charge >= 0.3 is 5.69 Å². The summed E-state index contributed by atoms with van der Waals surface area (Å²) in [6.07, 6.45) is 0. The molecule has 3 aromatic heterocycles. The largest absolute Gasteiger partial charge is 0.346 e. The minimum atomic E-state index is -0.542. The zero-order valence-electron chi connectivity index (χ0n) is 16.3. The summed E-state index contributed by atoms with van der Waals surface area (Å²) in [5.74, 6) is -0.794. The van der Waals surface area contributed by atoms with E-state index < -0.39 is 17.2 Å². The van der Waals surface area contributed by atoms with Gasteiger partial charge in [0, 0.05) is 20.6 Å². The zero-order chi connectivity index (χ0) is 22.3. The minimum absolute atomic E-state index is 0.00538. The molecule has 1 N–H and O–H groups in total. The molecular formula is C18H15ClFN7O3S. The third-order valence-electron chi connectivity index (χ3n) is 4.62. The number of nitrogens with zero attached hydrogens (tertiary/aromatic N) is 6. The number of hydrogen-bond donors (Lipinski definition) is 1. The van der Waals surface area contributed by atoms with Gasteiger partial charge in [-0.15, -0.1) is 10.2 Å². The number of hydrogen-bond acceptors (Lipinski definition) is 7. The van der Waals surface area contributed by atoms with Crippen molar-refractivity contribution in [2.45, 2.75) is 13.1 Å². The molecule has 0 saturated carbocycles. The van der Waals surface area contributed by atoms with Crippen molar-refractivity contribution in [1.29, 1.82) is 0 Å². The molecule has 160 valence electrons. The number of amides is 1. The predicted octanol–water partition coefficient (Wildman–Crippen LogP) is 1.06. The first-order valence-electron chi connectivity index (χ1n) is 8.93. The molecule has 4 rings (SSSR count). The Kier molecular flexibility index (Phi) is 5.41. The van der Waals surface area contributed by atoms with Crippen LogP contribution in [-0.2, 0) is 27.2 Å². The summed E-state index contributed by atoms with van der Waals surface area (Å²) >= 11 is 7.24. The van der Waals surface area contributed by atoms with Crippen molar-refractivity contribution in [3.63, 3.8) is 0 Å². The first kappa shape index (κ1) is 20.9. The maximum absolute atomic E-state index is 13.0. The van der Waals surface area contributed by atoms with Gasteiger partial charge in [0.05, 0.1) is 6.54 Å². The molecule has 0 aliphatic rings. The van der Waals surface area contributed by atoms with E-state index >= 15 is 0 Å². The number of carbonyl (C=O) groups excluding carboxylic acids is 1. The van der Waals surface area contributed by atoms with Crippen LogP contribution in [0.15, 0.2) is 33.9 Å². The van der Waals surface area contributed by atoms with Crippen molar-refractivity contribution < 1.29 is 9.18 Å². The Bertz CT molecular complexity index is 1420. The number of nitrogens with one attached hydrogen (secondary N) is 1. The van der Waals surface area contributed by atoms with Gasteiger partial charge in [0.25, 0.3) is 11.5 Å². The lowest BCUT2D eigenvalue weighted by Gasteiger charge is -2.05. The van der Waals surface area contributed by atoms with E-state index in [1.54, 1.807) is 12.1 Å². The van der Waals surface area contributed by atoms with Gasteiger partial charge in [-0.1, -0.05) is 23.5 Å². The molecule has 0 saturated heterocycles. The number of aryl methyl sites for hydroxylation is 1. The molecule has 0 atom stereocenters. The van der Waals surface area contributed by atoms with Gasteiger partial charge in [-0.3, -0.25) is 18.7 Å². The molecule has 1 aromatic carbocycles. The van der Waals surface area contributed by atoms with E-state index in [0.29, 0.717) is 5.01 Å². The third-order valence-corrected chi connectivity index (χ3v) is 5.82. The highest BCUT2D eigenvalue weighted by Crippen LogP contribution is 2.19. The van der Waals surface area contributed by atoms with Crippen molar-refractivity contribution in [2.24, 2.45) is 14.1 Å². The number of halogens is 2. The van der Waals surface area contributed by atoms with Gasteiger partial charge in [-0.2, -0.15) is 4.98 Å².